The maximum Gasteiger partial charge on any atom is 0.307 e. The Balaban J connectivity index is 1.33. The Labute approximate surface area is 234 Å². The lowest BCUT2D eigenvalue weighted by Gasteiger charge is -2.12. The van der Waals surface area contributed by atoms with Crippen LogP contribution in [-0.4, -0.2) is 29.9 Å². The number of rotatable bonds is 11. The number of halogens is 1. The normalized spacial score (nSPS) is 10.8. The summed E-state index contributed by atoms with van der Waals surface area (Å²) in [6, 6.07) is 20.6. The van der Waals surface area contributed by atoms with Gasteiger partial charge in [0.05, 0.1) is 17.3 Å². The molecule has 39 heavy (non-hydrogen) atoms. The number of carbonyl (C=O) groups excluding carboxylic acids is 1. The van der Waals surface area contributed by atoms with Gasteiger partial charge in [-0.1, -0.05) is 0 Å². The van der Waals surface area contributed by atoms with Crippen LogP contribution in [0.25, 0.3) is 5.69 Å². The van der Waals surface area contributed by atoms with E-state index in [1.54, 1.807) is 24.3 Å². The Hall–Kier alpha value is -4.49. The molecule has 0 atom stereocenters. The molecule has 0 aliphatic heterocycles. The third kappa shape index (κ3) is 6.89. The number of ether oxygens (including phenoxy) is 3. The van der Waals surface area contributed by atoms with E-state index >= 15 is 0 Å². The van der Waals surface area contributed by atoms with Crippen molar-refractivity contribution in [1.29, 1.82) is 5.26 Å². The topological polar surface area (TPSA) is 111 Å². The molecule has 1 N–H and O–H groups in total. The number of benzene rings is 2. The molecule has 9 nitrogen and oxygen atoms in total. The number of nitrogens with one attached hydrogen (secondary N) is 1. The first-order valence-corrected chi connectivity index (χ1v) is 12.9. The second kappa shape index (κ2) is 12.8. The summed E-state index contributed by atoms with van der Waals surface area (Å²) in [5.74, 6) is 1.67. The van der Waals surface area contributed by atoms with E-state index in [1.807, 2.05) is 37.3 Å². The number of nitriles is 1. The lowest BCUT2D eigenvalue weighted by Crippen LogP contribution is -2.16. The third-order valence-electron chi connectivity index (χ3n) is 5.63. The number of furan rings is 1. The van der Waals surface area contributed by atoms with Crippen molar-refractivity contribution < 1.29 is 23.4 Å². The van der Waals surface area contributed by atoms with E-state index in [4.69, 9.17) is 23.9 Å². The van der Waals surface area contributed by atoms with Crippen LogP contribution in [0.15, 0.2) is 74.7 Å². The minimum atomic E-state index is -0.502. The van der Waals surface area contributed by atoms with Crippen LogP contribution in [0.5, 0.6) is 17.2 Å². The van der Waals surface area contributed by atoms with Gasteiger partial charge in [0, 0.05) is 17.1 Å². The zero-order chi connectivity index (χ0) is 27.8. The SMILES string of the molecule is CCOc1cc(/C=N/NC(=O)c2ccc(COc3ccc(-n4c(C)ccc4C)cc3)o2)cc(Br)c1OCC#N. The van der Waals surface area contributed by atoms with E-state index in [1.165, 1.54) is 6.21 Å². The van der Waals surface area contributed by atoms with Crippen LogP contribution >= 0.6 is 15.9 Å². The third-order valence-corrected chi connectivity index (χ3v) is 6.21. The predicted molar refractivity (Wildman–Crippen MR) is 150 cm³/mol. The molecule has 0 aliphatic rings. The van der Waals surface area contributed by atoms with Crippen molar-refractivity contribution in [3.63, 3.8) is 0 Å². The molecule has 0 aliphatic carbocycles. The smallest absolute Gasteiger partial charge is 0.307 e. The molecule has 0 radical (unpaired) electrons. The van der Waals surface area contributed by atoms with E-state index < -0.39 is 5.91 Å². The van der Waals surface area contributed by atoms with Crippen molar-refractivity contribution in [3.05, 3.63) is 93.6 Å². The molecular formula is C29H27BrN4O5. The largest absolute Gasteiger partial charge is 0.490 e. The number of amides is 1. The van der Waals surface area contributed by atoms with Crippen LogP contribution in [0.4, 0.5) is 0 Å². The molecule has 0 fully saturated rings. The molecule has 0 unspecified atom stereocenters. The second-order valence-corrected chi connectivity index (χ2v) is 9.26. The highest BCUT2D eigenvalue weighted by Gasteiger charge is 2.13. The zero-order valence-electron chi connectivity index (χ0n) is 21.7. The average molecular weight is 591 g/mol. The molecule has 0 saturated heterocycles. The second-order valence-electron chi connectivity index (χ2n) is 8.41. The quantitative estimate of drug-likeness (QED) is 0.167. The van der Waals surface area contributed by atoms with Crippen molar-refractivity contribution in [1.82, 2.24) is 9.99 Å². The van der Waals surface area contributed by atoms with Gasteiger partial charge >= 0.3 is 5.91 Å². The molecule has 2 aromatic carbocycles. The molecule has 1 amide bonds. The first-order valence-electron chi connectivity index (χ1n) is 12.2. The Morgan fingerprint density at radius 1 is 1.08 bits per heavy atom. The van der Waals surface area contributed by atoms with Gasteiger partial charge in [-0.15, -0.1) is 0 Å². The van der Waals surface area contributed by atoms with Crippen LogP contribution in [0.2, 0.25) is 0 Å². The fourth-order valence-electron chi connectivity index (χ4n) is 3.89. The van der Waals surface area contributed by atoms with Gasteiger partial charge in [-0.25, -0.2) is 5.43 Å². The summed E-state index contributed by atoms with van der Waals surface area (Å²) < 4.78 is 25.2. The molecule has 2 heterocycles. The van der Waals surface area contributed by atoms with Crippen molar-refractivity contribution >= 4 is 28.1 Å². The summed E-state index contributed by atoms with van der Waals surface area (Å²) in [7, 11) is 0. The highest BCUT2D eigenvalue weighted by molar-refractivity contribution is 9.10. The van der Waals surface area contributed by atoms with Crippen molar-refractivity contribution in [2.24, 2.45) is 5.10 Å². The molecule has 0 bridgehead atoms. The van der Waals surface area contributed by atoms with Crippen LogP contribution < -0.4 is 19.6 Å². The predicted octanol–water partition coefficient (Wildman–Crippen LogP) is 6.09. The highest BCUT2D eigenvalue weighted by atomic mass is 79.9. The summed E-state index contributed by atoms with van der Waals surface area (Å²) in [6.45, 7) is 6.45. The maximum absolute atomic E-state index is 12.5. The van der Waals surface area contributed by atoms with Crippen LogP contribution in [0, 0.1) is 25.2 Å². The van der Waals surface area contributed by atoms with Crippen LogP contribution in [-0.2, 0) is 6.61 Å². The summed E-state index contributed by atoms with van der Waals surface area (Å²) in [5.41, 5.74) is 6.48. The number of hydrogen-bond donors (Lipinski definition) is 1. The van der Waals surface area contributed by atoms with Gasteiger partial charge in [0.25, 0.3) is 0 Å². The fraction of sp³-hybridized carbons (Fsp3) is 0.207. The van der Waals surface area contributed by atoms with Gasteiger partial charge in [0.1, 0.15) is 24.2 Å². The Bertz CT molecular complexity index is 1500. The first-order chi connectivity index (χ1) is 18.9. The molecule has 2 aromatic heterocycles. The molecule has 4 rings (SSSR count). The number of carbonyl (C=O) groups is 1. The molecular weight excluding hydrogens is 564 g/mol. The number of aromatic nitrogens is 1. The van der Waals surface area contributed by atoms with E-state index in [9.17, 15) is 4.79 Å². The van der Waals surface area contributed by atoms with Crippen molar-refractivity contribution in [2.45, 2.75) is 27.4 Å². The Morgan fingerprint density at radius 2 is 1.82 bits per heavy atom. The Morgan fingerprint density at radius 3 is 2.51 bits per heavy atom. The standard InChI is InChI=1S/C29H27BrN4O5/c1-4-36-27-16-21(15-25(30)28(27)37-14-13-31)17-32-33-29(35)26-12-11-24(39-26)18-38-23-9-7-22(8-10-23)34-19(2)5-6-20(34)3/h5-12,15-17H,4,14,18H2,1-3H3,(H,33,35)/b32-17+. The summed E-state index contributed by atoms with van der Waals surface area (Å²) in [5, 5.41) is 12.8. The minimum Gasteiger partial charge on any atom is -0.490 e. The van der Waals surface area contributed by atoms with Crippen LogP contribution in [0.1, 0.15) is 40.2 Å². The highest BCUT2D eigenvalue weighted by Crippen LogP contribution is 2.36. The first kappa shape index (κ1) is 27.5. The average Bonchev–Trinajstić information content (AvgIpc) is 3.53. The maximum atomic E-state index is 12.5. The van der Waals surface area contributed by atoms with Gasteiger partial charge in [0.2, 0.25) is 0 Å². The van der Waals surface area contributed by atoms with E-state index in [0.717, 1.165) is 17.1 Å². The van der Waals surface area contributed by atoms with Gasteiger partial charge in [-0.2, -0.15) is 10.4 Å². The van der Waals surface area contributed by atoms with E-state index in [0.29, 0.717) is 39.7 Å². The summed E-state index contributed by atoms with van der Waals surface area (Å²) in [4.78, 5) is 12.5. The van der Waals surface area contributed by atoms with Crippen molar-refractivity contribution in [3.8, 4) is 29.0 Å². The van der Waals surface area contributed by atoms with Gasteiger partial charge in [-0.3, -0.25) is 4.79 Å². The Kier molecular flexibility index (Phi) is 9.07. The molecule has 0 saturated carbocycles. The fourth-order valence-corrected chi connectivity index (χ4v) is 4.46. The molecule has 10 heteroatoms. The molecule has 0 spiro atoms. The molecule has 200 valence electrons. The van der Waals surface area contributed by atoms with E-state index in [2.05, 4.69) is 57.0 Å². The summed E-state index contributed by atoms with van der Waals surface area (Å²) >= 11 is 3.42. The number of hydrogen-bond acceptors (Lipinski definition) is 7. The van der Waals surface area contributed by atoms with Crippen molar-refractivity contribution in [2.75, 3.05) is 13.2 Å². The summed E-state index contributed by atoms with van der Waals surface area (Å²) in [6.07, 6.45) is 1.46. The van der Waals surface area contributed by atoms with Gasteiger partial charge in [-0.05, 0) is 103 Å². The minimum absolute atomic E-state index is 0.107. The number of aryl methyl sites for hydroxylation is 2. The zero-order valence-corrected chi connectivity index (χ0v) is 23.3. The molecule has 4 aromatic rings. The van der Waals surface area contributed by atoms with E-state index in [-0.39, 0.29) is 19.0 Å². The number of nitrogens with zero attached hydrogens (tertiary/aromatic N) is 3. The lowest BCUT2D eigenvalue weighted by molar-refractivity contribution is 0.0923. The van der Waals surface area contributed by atoms with Crippen LogP contribution in [0.3, 0.4) is 0 Å². The monoisotopic (exact) mass is 590 g/mol. The lowest BCUT2D eigenvalue weighted by atomic mass is 10.2. The van der Waals surface area contributed by atoms with Gasteiger partial charge in [0.15, 0.2) is 23.9 Å². The van der Waals surface area contributed by atoms with Gasteiger partial charge < -0.3 is 23.2 Å². The number of hydrazone groups is 1.